The summed E-state index contributed by atoms with van der Waals surface area (Å²) in [6.07, 6.45) is -4.37. The number of halogens is 3. The third-order valence-electron chi connectivity index (χ3n) is 5.65. The average molecular weight is 476 g/mol. The Labute approximate surface area is 194 Å². The molecule has 1 fully saturated rings. The monoisotopic (exact) mass is 475 g/mol. The van der Waals surface area contributed by atoms with Gasteiger partial charge in [-0.25, -0.2) is 0 Å². The van der Waals surface area contributed by atoms with Crippen LogP contribution in [0, 0.1) is 13.8 Å². The standard InChI is InChI=1S/C23H24F3N5OS/c1-16-6-3-4-9-20(16)31-17(2)27-28-22(31)33-15-21(32)30-12-10-29(11-13-30)19-8-5-7-18(14-19)23(24,25)26/h3-9,14H,10-13,15H2,1-2H3. The second kappa shape index (κ2) is 9.46. The molecular formula is C23H24F3N5OS. The number of amides is 1. The van der Waals surface area contributed by atoms with Crippen molar-refractivity contribution in [1.29, 1.82) is 0 Å². The van der Waals surface area contributed by atoms with Crippen molar-refractivity contribution in [2.45, 2.75) is 25.2 Å². The predicted octanol–water partition coefficient (Wildman–Crippen LogP) is 4.34. The summed E-state index contributed by atoms with van der Waals surface area (Å²) in [5, 5.41) is 9.06. The second-order valence-corrected chi connectivity index (χ2v) is 8.80. The van der Waals surface area contributed by atoms with Crippen LogP contribution in [0.25, 0.3) is 5.69 Å². The van der Waals surface area contributed by atoms with Crippen LogP contribution in [0.2, 0.25) is 0 Å². The number of para-hydroxylation sites is 1. The molecule has 6 nitrogen and oxygen atoms in total. The third kappa shape index (κ3) is 5.16. The quantitative estimate of drug-likeness (QED) is 0.514. The van der Waals surface area contributed by atoms with E-state index in [1.54, 1.807) is 11.0 Å². The van der Waals surface area contributed by atoms with Crippen LogP contribution in [0.15, 0.2) is 53.7 Å². The minimum absolute atomic E-state index is 0.0271. The lowest BCUT2D eigenvalue weighted by Gasteiger charge is -2.36. The van der Waals surface area contributed by atoms with E-state index in [0.29, 0.717) is 37.0 Å². The Balaban J connectivity index is 1.36. The molecule has 0 aliphatic carbocycles. The SMILES string of the molecule is Cc1ccccc1-n1c(C)nnc1SCC(=O)N1CCN(c2cccc(C(F)(F)F)c2)CC1. The van der Waals surface area contributed by atoms with E-state index < -0.39 is 11.7 Å². The van der Waals surface area contributed by atoms with Gasteiger partial charge in [0.05, 0.1) is 17.0 Å². The zero-order valence-electron chi connectivity index (χ0n) is 18.3. The number of hydrogen-bond donors (Lipinski definition) is 0. The largest absolute Gasteiger partial charge is 0.416 e. The number of aromatic nitrogens is 3. The molecule has 2 heterocycles. The number of rotatable bonds is 5. The molecule has 33 heavy (non-hydrogen) atoms. The summed E-state index contributed by atoms with van der Waals surface area (Å²) >= 11 is 1.33. The highest BCUT2D eigenvalue weighted by atomic mass is 32.2. The Morgan fingerprint density at radius 3 is 2.42 bits per heavy atom. The van der Waals surface area contributed by atoms with Crippen molar-refractivity contribution in [3.63, 3.8) is 0 Å². The molecule has 1 saturated heterocycles. The van der Waals surface area contributed by atoms with Gasteiger partial charge in [-0.05, 0) is 43.7 Å². The maximum Gasteiger partial charge on any atom is 0.416 e. The summed E-state index contributed by atoms with van der Waals surface area (Å²) in [6.45, 7) is 5.77. The van der Waals surface area contributed by atoms with Gasteiger partial charge >= 0.3 is 6.18 Å². The number of thioether (sulfide) groups is 1. The molecule has 0 atom stereocenters. The van der Waals surface area contributed by atoms with Crippen molar-refractivity contribution in [3.05, 3.63) is 65.5 Å². The lowest BCUT2D eigenvalue weighted by atomic mass is 10.1. The number of nitrogens with zero attached hydrogens (tertiary/aromatic N) is 5. The first kappa shape index (κ1) is 23.2. The highest BCUT2D eigenvalue weighted by molar-refractivity contribution is 7.99. The van der Waals surface area contributed by atoms with Crippen LogP contribution in [-0.2, 0) is 11.0 Å². The van der Waals surface area contributed by atoms with Crippen molar-refractivity contribution in [1.82, 2.24) is 19.7 Å². The lowest BCUT2D eigenvalue weighted by molar-refractivity contribution is -0.137. The van der Waals surface area contributed by atoms with E-state index in [1.807, 2.05) is 47.6 Å². The third-order valence-corrected chi connectivity index (χ3v) is 6.56. The van der Waals surface area contributed by atoms with E-state index in [2.05, 4.69) is 10.2 Å². The maximum atomic E-state index is 13.0. The topological polar surface area (TPSA) is 54.3 Å². The van der Waals surface area contributed by atoms with E-state index in [1.165, 1.54) is 17.8 Å². The van der Waals surface area contributed by atoms with Crippen molar-refractivity contribution in [3.8, 4) is 5.69 Å². The molecule has 3 aromatic rings. The first-order chi connectivity index (χ1) is 15.7. The second-order valence-electron chi connectivity index (χ2n) is 7.86. The molecular weight excluding hydrogens is 451 g/mol. The van der Waals surface area contributed by atoms with E-state index in [9.17, 15) is 18.0 Å². The van der Waals surface area contributed by atoms with Crippen molar-refractivity contribution in [2.75, 3.05) is 36.8 Å². The summed E-state index contributed by atoms with van der Waals surface area (Å²) in [6, 6.07) is 13.2. The molecule has 1 aliphatic rings. The van der Waals surface area contributed by atoms with Gasteiger partial charge in [0.25, 0.3) is 0 Å². The fraction of sp³-hybridized carbons (Fsp3) is 0.348. The average Bonchev–Trinajstić information content (AvgIpc) is 3.17. The zero-order chi connectivity index (χ0) is 23.6. The van der Waals surface area contributed by atoms with Gasteiger partial charge in [-0.2, -0.15) is 13.2 Å². The molecule has 10 heteroatoms. The molecule has 1 amide bonds. The minimum Gasteiger partial charge on any atom is -0.368 e. The zero-order valence-corrected chi connectivity index (χ0v) is 19.2. The van der Waals surface area contributed by atoms with Crippen LogP contribution < -0.4 is 4.90 Å². The summed E-state index contributed by atoms with van der Waals surface area (Å²) in [5.74, 6) is 0.933. The summed E-state index contributed by atoms with van der Waals surface area (Å²) in [5.41, 5.74) is 1.92. The maximum absolute atomic E-state index is 13.0. The molecule has 4 rings (SSSR count). The van der Waals surface area contributed by atoms with Crippen LogP contribution in [0.1, 0.15) is 17.0 Å². The van der Waals surface area contributed by atoms with Gasteiger partial charge in [0.15, 0.2) is 5.16 Å². The molecule has 0 unspecified atom stereocenters. The molecule has 0 saturated carbocycles. The van der Waals surface area contributed by atoms with E-state index in [-0.39, 0.29) is 11.7 Å². The predicted molar refractivity (Wildman–Crippen MR) is 122 cm³/mol. The van der Waals surface area contributed by atoms with Gasteiger partial charge in [-0.15, -0.1) is 10.2 Å². The number of anilines is 1. The van der Waals surface area contributed by atoms with E-state index in [0.717, 1.165) is 29.2 Å². The highest BCUT2D eigenvalue weighted by Gasteiger charge is 2.31. The fourth-order valence-electron chi connectivity index (χ4n) is 3.84. The van der Waals surface area contributed by atoms with Crippen molar-refractivity contribution >= 4 is 23.4 Å². The van der Waals surface area contributed by atoms with E-state index in [4.69, 9.17) is 0 Å². The van der Waals surface area contributed by atoms with Gasteiger partial charge in [-0.1, -0.05) is 36.0 Å². The summed E-state index contributed by atoms with van der Waals surface area (Å²) < 4.78 is 41.0. The van der Waals surface area contributed by atoms with E-state index >= 15 is 0 Å². The minimum atomic E-state index is -4.37. The Kier molecular flexibility index (Phi) is 6.64. The number of aryl methyl sites for hydroxylation is 2. The Bertz CT molecular complexity index is 1140. The highest BCUT2D eigenvalue weighted by Crippen LogP contribution is 2.32. The summed E-state index contributed by atoms with van der Waals surface area (Å²) in [7, 11) is 0. The van der Waals surface area contributed by atoms with Gasteiger partial charge in [0, 0.05) is 31.9 Å². The molecule has 0 spiro atoms. The summed E-state index contributed by atoms with van der Waals surface area (Å²) in [4.78, 5) is 16.4. The van der Waals surface area contributed by atoms with Crippen molar-refractivity contribution in [2.24, 2.45) is 0 Å². The molecule has 1 aromatic heterocycles. The van der Waals surface area contributed by atoms with Gasteiger partial charge < -0.3 is 9.80 Å². The Morgan fingerprint density at radius 2 is 1.73 bits per heavy atom. The van der Waals surface area contributed by atoms with Gasteiger partial charge in [0.1, 0.15) is 5.82 Å². The Morgan fingerprint density at radius 1 is 1.00 bits per heavy atom. The van der Waals surface area contributed by atoms with Crippen molar-refractivity contribution < 1.29 is 18.0 Å². The first-order valence-corrected chi connectivity index (χ1v) is 11.5. The normalized spacial score (nSPS) is 14.6. The fourth-order valence-corrected chi connectivity index (χ4v) is 4.73. The number of hydrogen-bond acceptors (Lipinski definition) is 5. The van der Waals surface area contributed by atoms with Crippen LogP contribution >= 0.6 is 11.8 Å². The van der Waals surface area contributed by atoms with Gasteiger partial charge in [-0.3, -0.25) is 9.36 Å². The number of carbonyl (C=O) groups is 1. The lowest BCUT2D eigenvalue weighted by Crippen LogP contribution is -2.49. The number of carbonyl (C=O) groups excluding carboxylic acids is 1. The van der Waals surface area contributed by atoms with Gasteiger partial charge in [0.2, 0.25) is 5.91 Å². The molecule has 0 radical (unpaired) electrons. The van der Waals surface area contributed by atoms with Crippen LogP contribution in [-0.4, -0.2) is 57.5 Å². The number of piperazine rings is 1. The van der Waals surface area contributed by atoms with Crippen LogP contribution in [0.3, 0.4) is 0 Å². The van der Waals surface area contributed by atoms with Crippen LogP contribution in [0.5, 0.6) is 0 Å². The number of benzene rings is 2. The molecule has 2 aromatic carbocycles. The molecule has 1 aliphatic heterocycles. The molecule has 0 N–H and O–H groups in total. The number of alkyl halides is 3. The molecule has 0 bridgehead atoms. The first-order valence-electron chi connectivity index (χ1n) is 10.5. The Hall–Kier alpha value is -3.01. The smallest absolute Gasteiger partial charge is 0.368 e. The van der Waals surface area contributed by atoms with Crippen LogP contribution in [0.4, 0.5) is 18.9 Å². The molecule has 174 valence electrons.